The SMILES string of the molecule is CC(C)OCCS(=O)(=O)Nc1cccc(-c2cnco2)c1. The maximum Gasteiger partial charge on any atom is 0.235 e. The first-order valence-corrected chi connectivity index (χ1v) is 8.22. The molecule has 114 valence electrons. The Morgan fingerprint density at radius 1 is 1.38 bits per heavy atom. The molecule has 0 saturated heterocycles. The fourth-order valence-electron chi connectivity index (χ4n) is 1.72. The number of hydrogen-bond acceptors (Lipinski definition) is 5. The third-order valence-corrected chi connectivity index (χ3v) is 3.91. The monoisotopic (exact) mass is 310 g/mol. The van der Waals surface area contributed by atoms with Gasteiger partial charge in [0.25, 0.3) is 0 Å². The molecule has 0 aliphatic rings. The number of rotatable bonds is 7. The van der Waals surface area contributed by atoms with Gasteiger partial charge in [-0.05, 0) is 26.0 Å². The minimum atomic E-state index is -3.44. The Kier molecular flexibility index (Phi) is 4.98. The van der Waals surface area contributed by atoms with Crippen LogP contribution in [0, 0.1) is 0 Å². The summed E-state index contributed by atoms with van der Waals surface area (Å²) >= 11 is 0. The van der Waals surface area contributed by atoms with Crippen LogP contribution in [0.5, 0.6) is 0 Å². The predicted octanol–water partition coefficient (Wildman–Crippen LogP) is 2.51. The molecule has 21 heavy (non-hydrogen) atoms. The number of sulfonamides is 1. The van der Waals surface area contributed by atoms with Crippen LogP contribution in [0.25, 0.3) is 11.3 Å². The van der Waals surface area contributed by atoms with E-state index in [1.807, 2.05) is 19.9 Å². The van der Waals surface area contributed by atoms with E-state index in [1.54, 1.807) is 24.4 Å². The van der Waals surface area contributed by atoms with E-state index in [4.69, 9.17) is 9.15 Å². The highest BCUT2D eigenvalue weighted by Crippen LogP contribution is 2.22. The smallest absolute Gasteiger partial charge is 0.235 e. The molecule has 0 aliphatic heterocycles. The quantitative estimate of drug-likeness (QED) is 0.849. The standard InChI is InChI=1S/C14H18N2O4S/c1-11(2)19-6-7-21(17,18)16-13-5-3-4-12(8-13)14-9-15-10-20-14/h3-5,8-11,16H,6-7H2,1-2H3. The number of nitrogens with zero attached hydrogens (tertiary/aromatic N) is 1. The Morgan fingerprint density at radius 2 is 2.19 bits per heavy atom. The molecule has 7 heteroatoms. The number of benzene rings is 1. The van der Waals surface area contributed by atoms with Crippen molar-refractivity contribution in [3.8, 4) is 11.3 Å². The van der Waals surface area contributed by atoms with E-state index in [9.17, 15) is 8.42 Å². The molecule has 0 spiro atoms. The van der Waals surface area contributed by atoms with Crippen molar-refractivity contribution in [3.05, 3.63) is 36.9 Å². The normalized spacial score (nSPS) is 11.8. The van der Waals surface area contributed by atoms with Crippen LogP contribution in [0.4, 0.5) is 5.69 Å². The molecule has 0 bridgehead atoms. The van der Waals surface area contributed by atoms with E-state index in [-0.39, 0.29) is 18.5 Å². The number of nitrogens with one attached hydrogen (secondary N) is 1. The van der Waals surface area contributed by atoms with Crippen molar-refractivity contribution in [1.82, 2.24) is 4.98 Å². The molecule has 1 aromatic carbocycles. The van der Waals surface area contributed by atoms with E-state index in [0.29, 0.717) is 11.4 Å². The van der Waals surface area contributed by atoms with Gasteiger partial charge in [0.05, 0.1) is 24.7 Å². The highest BCUT2D eigenvalue weighted by Gasteiger charge is 2.12. The Bertz CT molecular complexity index is 666. The van der Waals surface area contributed by atoms with Gasteiger partial charge in [0, 0.05) is 11.3 Å². The van der Waals surface area contributed by atoms with Crippen LogP contribution in [-0.4, -0.2) is 31.9 Å². The van der Waals surface area contributed by atoms with Crippen molar-refractivity contribution in [2.75, 3.05) is 17.1 Å². The van der Waals surface area contributed by atoms with Gasteiger partial charge in [0.1, 0.15) is 0 Å². The number of oxazole rings is 1. The largest absolute Gasteiger partial charge is 0.444 e. The summed E-state index contributed by atoms with van der Waals surface area (Å²) in [5, 5.41) is 0. The molecular formula is C14H18N2O4S. The average molecular weight is 310 g/mol. The second-order valence-corrected chi connectivity index (χ2v) is 6.63. The highest BCUT2D eigenvalue weighted by atomic mass is 32.2. The molecule has 0 fully saturated rings. The number of aromatic nitrogens is 1. The van der Waals surface area contributed by atoms with Gasteiger partial charge in [-0.3, -0.25) is 4.72 Å². The van der Waals surface area contributed by atoms with Crippen molar-refractivity contribution < 1.29 is 17.6 Å². The summed E-state index contributed by atoms with van der Waals surface area (Å²) in [6, 6.07) is 6.95. The zero-order valence-electron chi connectivity index (χ0n) is 11.9. The van der Waals surface area contributed by atoms with Gasteiger partial charge in [0.2, 0.25) is 10.0 Å². The maximum atomic E-state index is 12.0. The zero-order chi connectivity index (χ0) is 15.3. The first-order chi connectivity index (χ1) is 9.96. The lowest BCUT2D eigenvalue weighted by molar-refractivity contribution is 0.0913. The van der Waals surface area contributed by atoms with Crippen LogP contribution in [-0.2, 0) is 14.8 Å². The Morgan fingerprint density at radius 3 is 2.86 bits per heavy atom. The summed E-state index contributed by atoms with van der Waals surface area (Å²) in [6.07, 6.45) is 2.91. The Balaban J connectivity index is 2.04. The molecule has 1 aromatic heterocycles. The molecule has 0 amide bonds. The van der Waals surface area contributed by atoms with Crippen molar-refractivity contribution in [1.29, 1.82) is 0 Å². The zero-order valence-corrected chi connectivity index (χ0v) is 12.8. The van der Waals surface area contributed by atoms with Gasteiger partial charge in [-0.15, -0.1) is 0 Å². The topological polar surface area (TPSA) is 81.4 Å². The number of hydrogen-bond donors (Lipinski definition) is 1. The molecular weight excluding hydrogens is 292 g/mol. The van der Waals surface area contributed by atoms with Crippen molar-refractivity contribution in [2.24, 2.45) is 0 Å². The summed E-state index contributed by atoms with van der Waals surface area (Å²) < 4.78 is 36.9. The van der Waals surface area contributed by atoms with Crippen LogP contribution in [0.1, 0.15) is 13.8 Å². The summed E-state index contributed by atoms with van der Waals surface area (Å²) in [4.78, 5) is 3.84. The molecule has 0 unspecified atom stereocenters. The number of ether oxygens (including phenoxy) is 1. The Labute approximate surface area is 124 Å². The first kappa shape index (κ1) is 15.5. The van der Waals surface area contributed by atoms with Gasteiger partial charge in [-0.25, -0.2) is 13.4 Å². The summed E-state index contributed by atoms with van der Waals surface area (Å²) in [7, 11) is -3.44. The summed E-state index contributed by atoms with van der Waals surface area (Å²) in [5.41, 5.74) is 1.24. The lowest BCUT2D eigenvalue weighted by Crippen LogP contribution is -2.21. The van der Waals surface area contributed by atoms with Crippen molar-refractivity contribution >= 4 is 15.7 Å². The molecule has 1 heterocycles. The lowest BCUT2D eigenvalue weighted by Gasteiger charge is -2.10. The molecule has 6 nitrogen and oxygen atoms in total. The van der Waals surface area contributed by atoms with Crippen LogP contribution in [0.2, 0.25) is 0 Å². The maximum absolute atomic E-state index is 12.0. The van der Waals surface area contributed by atoms with Crippen molar-refractivity contribution in [2.45, 2.75) is 20.0 Å². The van der Waals surface area contributed by atoms with E-state index in [0.717, 1.165) is 5.56 Å². The second kappa shape index (κ2) is 6.73. The second-order valence-electron chi connectivity index (χ2n) is 4.79. The molecule has 1 N–H and O–H groups in total. The van der Waals surface area contributed by atoms with Crippen LogP contribution < -0.4 is 4.72 Å². The van der Waals surface area contributed by atoms with Gasteiger partial charge < -0.3 is 9.15 Å². The fourth-order valence-corrected chi connectivity index (χ4v) is 2.62. The lowest BCUT2D eigenvalue weighted by atomic mass is 10.2. The molecule has 0 atom stereocenters. The third-order valence-electron chi connectivity index (χ3n) is 2.66. The van der Waals surface area contributed by atoms with Crippen LogP contribution >= 0.6 is 0 Å². The van der Waals surface area contributed by atoms with Gasteiger partial charge in [-0.2, -0.15) is 0 Å². The van der Waals surface area contributed by atoms with E-state index < -0.39 is 10.0 Å². The Hall–Kier alpha value is -1.86. The highest BCUT2D eigenvalue weighted by molar-refractivity contribution is 7.92. The predicted molar refractivity (Wildman–Crippen MR) is 80.4 cm³/mol. The molecule has 0 saturated carbocycles. The molecule has 2 aromatic rings. The third kappa shape index (κ3) is 4.87. The minimum absolute atomic E-state index is 0.00924. The van der Waals surface area contributed by atoms with E-state index in [2.05, 4.69) is 9.71 Å². The van der Waals surface area contributed by atoms with Crippen LogP contribution in [0.3, 0.4) is 0 Å². The molecule has 0 radical (unpaired) electrons. The molecule has 2 rings (SSSR count). The van der Waals surface area contributed by atoms with Gasteiger partial charge in [0.15, 0.2) is 12.2 Å². The average Bonchev–Trinajstić information content (AvgIpc) is 2.91. The summed E-state index contributed by atoms with van der Waals surface area (Å²) in [5.74, 6) is 0.497. The minimum Gasteiger partial charge on any atom is -0.444 e. The fraction of sp³-hybridized carbons (Fsp3) is 0.357. The van der Waals surface area contributed by atoms with Gasteiger partial charge >= 0.3 is 0 Å². The number of anilines is 1. The van der Waals surface area contributed by atoms with E-state index >= 15 is 0 Å². The van der Waals surface area contributed by atoms with Gasteiger partial charge in [-0.1, -0.05) is 12.1 Å². The van der Waals surface area contributed by atoms with E-state index in [1.165, 1.54) is 6.39 Å². The molecule has 0 aliphatic carbocycles. The van der Waals surface area contributed by atoms with Crippen molar-refractivity contribution in [3.63, 3.8) is 0 Å². The first-order valence-electron chi connectivity index (χ1n) is 6.57. The summed E-state index contributed by atoms with van der Waals surface area (Å²) in [6.45, 7) is 3.89. The van der Waals surface area contributed by atoms with Crippen LogP contribution in [0.15, 0.2) is 41.3 Å².